The summed E-state index contributed by atoms with van der Waals surface area (Å²) in [6, 6.07) is 4.68. The number of nitrogens with two attached hydrogens (primary N) is 1. The SMILES string of the molecule is CCC(C)C(N)C(=O)Nc1ccc(OC)c(OC)c1. The van der Waals surface area contributed by atoms with E-state index in [-0.39, 0.29) is 11.8 Å². The molecule has 1 rings (SSSR count). The molecule has 19 heavy (non-hydrogen) atoms. The summed E-state index contributed by atoms with van der Waals surface area (Å²) in [6.07, 6.45) is 0.862. The Morgan fingerprint density at radius 2 is 1.95 bits per heavy atom. The Morgan fingerprint density at radius 1 is 1.32 bits per heavy atom. The average Bonchev–Trinajstić information content (AvgIpc) is 2.45. The van der Waals surface area contributed by atoms with E-state index in [0.29, 0.717) is 17.2 Å². The molecule has 0 spiro atoms. The monoisotopic (exact) mass is 266 g/mol. The van der Waals surface area contributed by atoms with Crippen molar-refractivity contribution in [3.05, 3.63) is 18.2 Å². The standard InChI is InChI=1S/C14H22N2O3/c1-5-9(2)13(15)14(17)16-10-6-7-11(18-3)12(8-10)19-4/h6-9,13H,5,15H2,1-4H3,(H,16,17). The van der Waals surface area contributed by atoms with Gasteiger partial charge in [0, 0.05) is 11.8 Å². The summed E-state index contributed by atoms with van der Waals surface area (Å²) in [5, 5.41) is 2.78. The Kier molecular flexibility index (Phi) is 5.63. The summed E-state index contributed by atoms with van der Waals surface area (Å²) in [4.78, 5) is 12.0. The number of hydrogen-bond acceptors (Lipinski definition) is 4. The van der Waals surface area contributed by atoms with Crippen molar-refractivity contribution in [2.45, 2.75) is 26.3 Å². The molecule has 106 valence electrons. The zero-order valence-corrected chi connectivity index (χ0v) is 11.9. The number of carbonyl (C=O) groups excluding carboxylic acids is 1. The second-order valence-corrected chi connectivity index (χ2v) is 4.47. The van der Waals surface area contributed by atoms with Gasteiger partial charge in [-0.3, -0.25) is 4.79 Å². The van der Waals surface area contributed by atoms with Crippen molar-refractivity contribution in [2.75, 3.05) is 19.5 Å². The van der Waals surface area contributed by atoms with Crippen LogP contribution in [0.2, 0.25) is 0 Å². The van der Waals surface area contributed by atoms with Crippen LogP contribution in [0.25, 0.3) is 0 Å². The Hall–Kier alpha value is -1.75. The maximum absolute atomic E-state index is 12.0. The number of carbonyl (C=O) groups is 1. The van der Waals surface area contributed by atoms with Crippen molar-refractivity contribution < 1.29 is 14.3 Å². The van der Waals surface area contributed by atoms with Crippen LogP contribution in [-0.2, 0) is 4.79 Å². The summed E-state index contributed by atoms with van der Waals surface area (Å²) < 4.78 is 10.3. The molecule has 0 aromatic heterocycles. The highest BCUT2D eigenvalue weighted by molar-refractivity contribution is 5.95. The van der Waals surface area contributed by atoms with Crippen LogP contribution in [0.15, 0.2) is 18.2 Å². The van der Waals surface area contributed by atoms with Crippen molar-refractivity contribution in [1.82, 2.24) is 0 Å². The predicted molar refractivity (Wildman–Crippen MR) is 75.6 cm³/mol. The van der Waals surface area contributed by atoms with E-state index >= 15 is 0 Å². The van der Waals surface area contributed by atoms with Gasteiger partial charge in [-0.05, 0) is 18.1 Å². The van der Waals surface area contributed by atoms with E-state index in [1.165, 1.54) is 0 Å². The van der Waals surface area contributed by atoms with Crippen LogP contribution in [0.1, 0.15) is 20.3 Å². The third-order valence-electron chi connectivity index (χ3n) is 3.21. The van der Waals surface area contributed by atoms with E-state index in [1.807, 2.05) is 13.8 Å². The van der Waals surface area contributed by atoms with Gasteiger partial charge in [-0.15, -0.1) is 0 Å². The topological polar surface area (TPSA) is 73.6 Å². The minimum atomic E-state index is -0.516. The maximum atomic E-state index is 12.0. The van der Waals surface area contributed by atoms with E-state index in [9.17, 15) is 4.79 Å². The Balaban J connectivity index is 2.80. The summed E-state index contributed by atoms with van der Waals surface area (Å²) in [5.74, 6) is 1.13. The lowest BCUT2D eigenvalue weighted by Gasteiger charge is -2.18. The molecule has 0 radical (unpaired) electrons. The van der Waals surface area contributed by atoms with E-state index in [4.69, 9.17) is 15.2 Å². The van der Waals surface area contributed by atoms with Gasteiger partial charge in [-0.2, -0.15) is 0 Å². The van der Waals surface area contributed by atoms with Crippen molar-refractivity contribution in [3.63, 3.8) is 0 Å². The molecular formula is C14H22N2O3. The highest BCUT2D eigenvalue weighted by Gasteiger charge is 2.19. The van der Waals surface area contributed by atoms with Gasteiger partial charge in [0.2, 0.25) is 5.91 Å². The minimum Gasteiger partial charge on any atom is -0.493 e. The first kappa shape index (κ1) is 15.3. The van der Waals surface area contributed by atoms with Crippen molar-refractivity contribution in [1.29, 1.82) is 0 Å². The molecule has 0 aliphatic carbocycles. The van der Waals surface area contributed by atoms with Gasteiger partial charge in [0.25, 0.3) is 0 Å². The number of anilines is 1. The average molecular weight is 266 g/mol. The van der Waals surface area contributed by atoms with Crippen LogP contribution in [0, 0.1) is 5.92 Å². The molecule has 2 unspecified atom stereocenters. The molecular weight excluding hydrogens is 244 g/mol. The number of rotatable bonds is 6. The van der Waals surface area contributed by atoms with Crippen LogP contribution in [0.3, 0.4) is 0 Å². The first-order chi connectivity index (χ1) is 9.03. The van der Waals surface area contributed by atoms with E-state index < -0.39 is 6.04 Å². The molecule has 0 fully saturated rings. The third-order valence-corrected chi connectivity index (χ3v) is 3.21. The van der Waals surface area contributed by atoms with Crippen molar-refractivity contribution in [2.24, 2.45) is 11.7 Å². The molecule has 0 saturated carbocycles. The van der Waals surface area contributed by atoms with Crippen LogP contribution in [0.5, 0.6) is 11.5 Å². The van der Waals surface area contributed by atoms with E-state index in [1.54, 1.807) is 32.4 Å². The molecule has 1 aromatic carbocycles. The largest absolute Gasteiger partial charge is 0.493 e. The number of benzene rings is 1. The molecule has 3 N–H and O–H groups in total. The molecule has 1 amide bonds. The predicted octanol–water partition coefficient (Wildman–Crippen LogP) is 2.02. The van der Waals surface area contributed by atoms with E-state index in [0.717, 1.165) is 6.42 Å². The molecule has 5 nitrogen and oxygen atoms in total. The molecule has 1 aromatic rings. The Labute approximate surface area is 114 Å². The lowest BCUT2D eigenvalue weighted by molar-refractivity contribution is -0.118. The number of amides is 1. The summed E-state index contributed by atoms with van der Waals surface area (Å²) in [5.41, 5.74) is 6.52. The zero-order valence-electron chi connectivity index (χ0n) is 11.9. The highest BCUT2D eigenvalue weighted by atomic mass is 16.5. The first-order valence-corrected chi connectivity index (χ1v) is 6.31. The van der Waals surface area contributed by atoms with Gasteiger partial charge in [0.1, 0.15) is 0 Å². The van der Waals surface area contributed by atoms with Gasteiger partial charge in [0.15, 0.2) is 11.5 Å². The molecule has 0 bridgehead atoms. The Bertz CT molecular complexity index is 435. The van der Waals surface area contributed by atoms with Crippen LogP contribution in [-0.4, -0.2) is 26.2 Å². The minimum absolute atomic E-state index is 0.139. The van der Waals surface area contributed by atoms with Crippen molar-refractivity contribution in [3.8, 4) is 11.5 Å². The molecule has 0 saturated heterocycles. The summed E-state index contributed by atoms with van der Waals surface area (Å²) in [6.45, 7) is 3.97. The molecule has 0 aliphatic heterocycles. The zero-order chi connectivity index (χ0) is 14.4. The molecule has 0 aliphatic rings. The fourth-order valence-corrected chi connectivity index (χ4v) is 1.65. The second kappa shape index (κ2) is 6.99. The van der Waals surface area contributed by atoms with E-state index in [2.05, 4.69) is 5.32 Å². The summed E-state index contributed by atoms with van der Waals surface area (Å²) in [7, 11) is 3.11. The maximum Gasteiger partial charge on any atom is 0.241 e. The number of ether oxygens (including phenoxy) is 2. The van der Waals surface area contributed by atoms with Crippen LogP contribution < -0.4 is 20.5 Å². The van der Waals surface area contributed by atoms with Gasteiger partial charge in [-0.25, -0.2) is 0 Å². The van der Waals surface area contributed by atoms with Gasteiger partial charge < -0.3 is 20.5 Å². The normalized spacial score (nSPS) is 13.5. The quantitative estimate of drug-likeness (QED) is 0.826. The van der Waals surface area contributed by atoms with Gasteiger partial charge in [-0.1, -0.05) is 20.3 Å². The fourth-order valence-electron chi connectivity index (χ4n) is 1.65. The Morgan fingerprint density at radius 3 is 2.47 bits per heavy atom. The second-order valence-electron chi connectivity index (χ2n) is 4.47. The van der Waals surface area contributed by atoms with Gasteiger partial charge >= 0.3 is 0 Å². The smallest absolute Gasteiger partial charge is 0.241 e. The number of methoxy groups -OCH3 is 2. The van der Waals surface area contributed by atoms with Crippen LogP contribution >= 0.6 is 0 Å². The molecule has 2 atom stereocenters. The molecule has 0 heterocycles. The van der Waals surface area contributed by atoms with Gasteiger partial charge in [0.05, 0.1) is 20.3 Å². The number of hydrogen-bond donors (Lipinski definition) is 2. The third kappa shape index (κ3) is 3.86. The first-order valence-electron chi connectivity index (χ1n) is 6.31. The lowest BCUT2D eigenvalue weighted by atomic mass is 9.99. The van der Waals surface area contributed by atoms with Crippen molar-refractivity contribution >= 4 is 11.6 Å². The lowest BCUT2D eigenvalue weighted by Crippen LogP contribution is -2.40. The molecule has 5 heteroatoms. The summed E-state index contributed by atoms with van der Waals surface area (Å²) >= 11 is 0. The highest BCUT2D eigenvalue weighted by Crippen LogP contribution is 2.29. The van der Waals surface area contributed by atoms with Crippen LogP contribution in [0.4, 0.5) is 5.69 Å². The number of nitrogens with one attached hydrogen (secondary N) is 1. The fraction of sp³-hybridized carbons (Fsp3) is 0.500.